The Balaban J connectivity index is 1.58. The molecule has 0 aliphatic carbocycles. The van der Waals surface area contributed by atoms with E-state index < -0.39 is 29.3 Å². The third-order valence-electron chi connectivity index (χ3n) is 4.40. The number of piperidine rings is 1. The minimum atomic E-state index is -0.898. The average molecular weight is 362 g/mol. The van der Waals surface area contributed by atoms with Crippen molar-refractivity contribution in [3.63, 3.8) is 0 Å². The summed E-state index contributed by atoms with van der Waals surface area (Å²) in [6.07, 6.45) is 0.934. The molecule has 1 heterocycles. The van der Waals surface area contributed by atoms with E-state index in [2.05, 4.69) is 5.32 Å². The molecule has 2 aromatic rings. The number of halogens is 3. The van der Waals surface area contributed by atoms with Gasteiger partial charge in [0, 0.05) is 25.2 Å². The lowest BCUT2D eigenvalue weighted by atomic mass is 10.0. The van der Waals surface area contributed by atoms with Gasteiger partial charge in [-0.05, 0) is 37.1 Å². The molecular weight excluding hydrogens is 345 g/mol. The lowest BCUT2D eigenvalue weighted by Crippen LogP contribution is -2.46. The molecule has 136 valence electrons. The first-order valence-corrected chi connectivity index (χ1v) is 8.25. The normalized spacial score (nSPS) is 15.0. The summed E-state index contributed by atoms with van der Waals surface area (Å²) in [7, 11) is 0. The number of benzene rings is 2. The quantitative estimate of drug-likeness (QED) is 0.912. The van der Waals surface area contributed by atoms with E-state index in [0.29, 0.717) is 32.0 Å². The summed E-state index contributed by atoms with van der Waals surface area (Å²) in [5.74, 6) is -3.25. The number of nitrogens with zero attached hydrogens (tertiary/aromatic N) is 1. The SMILES string of the molecule is O=C(NC1CCN(C(=O)c2ccc(F)cc2F)CC1)c1ccccc1F. The number of carbonyl (C=O) groups is 2. The molecule has 26 heavy (non-hydrogen) atoms. The Morgan fingerprint density at radius 2 is 1.62 bits per heavy atom. The van der Waals surface area contributed by atoms with Crippen LogP contribution in [-0.4, -0.2) is 35.8 Å². The van der Waals surface area contributed by atoms with Gasteiger partial charge in [0.25, 0.3) is 11.8 Å². The number of likely N-dealkylation sites (tertiary alicyclic amines) is 1. The maximum Gasteiger partial charge on any atom is 0.256 e. The van der Waals surface area contributed by atoms with Crippen LogP contribution in [0.15, 0.2) is 42.5 Å². The van der Waals surface area contributed by atoms with Crippen molar-refractivity contribution in [2.24, 2.45) is 0 Å². The van der Waals surface area contributed by atoms with Gasteiger partial charge in [-0.15, -0.1) is 0 Å². The van der Waals surface area contributed by atoms with Crippen molar-refractivity contribution in [3.8, 4) is 0 Å². The largest absolute Gasteiger partial charge is 0.349 e. The molecule has 0 radical (unpaired) electrons. The first kappa shape index (κ1) is 18.0. The molecule has 0 spiro atoms. The first-order chi connectivity index (χ1) is 12.5. The van der Waals surface area contributed by atoms with Crippen LogP contribution < -0.4 is 5.32 Å². The number of hydrogen-bond donors (Lipinski definition) is 1. The number of hydrogen-bond acceptors (Lipinski definition) is 2. The molecule has 1 aliphatic heterocycles. The molecule has 1 N–H and O–H groups in total. The lowest BCUT2D eigenvalue weighted by molar-refractivity contribution is 0.0693. The van der Waals surface area contributed by atoms with E-state index in [-0.39, 0.29) is 17.2 Å². The molecule has 0 unspecified atom stereocenters. The van der Waals surface area contributed by atoms with Gasteiger partial charge in [-0.1, -0.05) is 12.1 Å². The van der Waals surface area contributed by atoms with Gasteiger partial charge in [-0.3, -0.25) is 9.59 Å². The maximum atomic E-state index is 13.8. The molecule has 2 aromatic carbocycles. The fourth-order valence-corrected chi connectivity index (χ4v) is 2.97. The molecule has 0 aromatic heterocycles. The van der Waals surface area contributed by atoms with E-state index in [1.807, 2.05) is 0 Å². The van der Waals surface area contributed by atoms with E-state index in [1.54, 1.807) is 6.07 Å². The monoisotopic (exact) mass is 362 g/mol. The molecule has 0 saturated carbocycles. The highest BCUT2D eigenvalue weighted by Crippen LogP contribution is 2.17. The molecule has 3 rings (SSSR count). The van der Waals surface area contributed by atoms with E-state index in [0.717, 1.165) is 12.1 Å². The van der Waals surface area contributed by atoms with E-state index >= 15 is 0 Å². The summed E-state index contributed by atoms with van der Waals surface area (Å²) < 4.78 is 40.4. The zero-order valence-electron chi connectivity index (χ0n) is 13.8. The summed E-state index contributed by atoms with van der Waals surface area (Å²) in [6, 6.07) is 8.34. The molecule has 4 nitrogen and oxygen atoms in total. The minimum absolute atomic E-state index is 0.0283. The minimum Gasteiger partial charge on any atom is -0.349 e. The second-order valence-corrected chi connectivity index (χ2v) is 6.14. The molecule has 2 amide bonds. The Kier molecular flexibility index (Phi) is 5.25. The summed E-state index contributed by atoms with van der Waals surface area (Å²) in [6.45, 7) is 0.635. The van der Waals surface area contributed by atoms with Crippen LogP contribution in [0.4, 0.5) is 13.2 Å². The smallest absolute Gasteiger partial charge is 0.256 e. The van der Waals surface area contributed by atoms with Crippen LogP contribution >= 0.6 is 0 Å². The third kappa shape index (κ3) is 3.87. The first-order valence-electron chi connectivity index (χ1n) is 8.25. The van der Waals surface area contributed by atoms with Gasteiger partial charge in [0.15, 0.2) is 0 Å². The van der Waals surface area contributed by atoms with E-state index in [1.165, 1.54) is 23.1 Å². The van der Waals surface area contributed by atoms with Crippen molar-refractivity contribution in [2.75, 3.05) is 13.1 Å². The molecular formula is C19H17F3N2O2. The zero-order chi connectivity index (χ0) is 18.7. The van der Waals surface area contributed by atoms with Crippen molar-refractivity contribution in [1.29, 1.82) is 0 Å². The van der Waals surface area contributed by atoms with Crippen LogP contribution in [0.1, 0.15) is 33.6 Å². The third-order valence-corrected chi connectivity index (χ3v) is 4.40. The lowest BCUT2D eigenvalue weighted by Gasteiger charge is -2.32. The van der Waals surface area contributed by atoms with Gasteiger partial charge in [0.05, 0.1) is 11.1 Å². The summed E-state index contributed by atoms with van der Waals surface area (Å²) in [5.41, 5.74) is -0.209. The molecule has 1 fully saturated rings. The molecule has 0 bridgehead atoms. The van der Waals surface area contributed by atoms with Gasteiger partial charge in [-0.2, -0.15) is 0 Å². The fraction of sp³-hybridized carbons (Fsp3) is 0.263. The highest BCUT2D eigenvalue weighted by Gasteiger charge is 2.26. The van der Waals surface area contributed by atoms with E-state index in [4.69, 9.17) is 0 Å². The Bertz CT molecular complexity index is 833. The van der Waals surface area contributed by atoms with Crippen molar-refractivity contribution < 1.29 is 22.8 Å². The van der Waals surface area contributed by atoms with Gasteiger partial charge >= 0.3 is 0 Å². The Morgan fingerprint density at radius 3 is 2.27 bits per heavy atom. The highest BCUT2D eigenvalue weighted by molar-refractivity contribution is 5.95. The van der Waals surface area contributed by atoms with Crippen LogP contribution in [0.2, 0.25) is 0 Å². The van der Waals surface area contributed by atoms with Gasteiger partial charge in [0.2, 0.25) is 0 Å². The second-order valence-electron chi connectivity index (χ2n) is 6.14. The Hall–Kier alpha value is -2.83. The van der Waals surface area contributed by atoms with Gasteiger partial charge in [0.1, 0.15) is 17.5 Å². The second kappa shape index (κ2) is 7.59. The van der Waals surface area contributed by atoms with Crippen molar-refractivity contribution >= 4 is 11.8 Å². The predicted octanol–water partition coefficient (Wildman–Crippen LogP) is 3.14. The van der Waals surface area contributed by atoms with Crippen LogP contribution in [0.5, 0.6) is 0 Å². The van der Waals surface area contributed by atoms with Crippen LogP contribution in [0.3, 0.4) is 0 Å². The van der Waals surface area contributed by atoms with Gasteiger partial charge in [-0.25, -0.2) is 13.2 Å². The number of nitrogens with one attached hydrogen (secondary N) is 1. The molecule has 1 saturated heterocycles. The predicted molar refractivity (Wildman–Crippen MR) is 89.1 cm³/mol. The Labute approximate surface area is 148 Å². The zero-order valence-corrected chi connectivity index (χ0v) is 13.8. The van der Waals surface area contributed by atoms with Crippen molar-refractivity contribution in [1.82, 2.24) is 10.2 Å². The number of carbonyl (C=O) groups excluding carboxylic acids is 2. The number of rotatable bonds is 3. The Morgan fingerprint density at radius 1 is 0.923 bits per heavy atom. The van der Waals surface area contributed by atoms with Gasteiger partial charge < -0.3 is 10.2 Å². The van der Waals surface area contributed by atoms with Crippen LogP contribution in [-0.2, 0) is 0 Å². The highest BCUT2D eigenvalue weighted by atomic mass is 19.1. The van der Waals surface area contributed by atoms with Crippen molar-refractivity contribution in [3.05, 3.63) is 71.0 Å². The maximum absolute atomic E-state index is 13.8. The molecule has 0 atom stereocenters. The van der Waals surface area contributed by atoms with Crippen LogP contribution in [0.25, 0.3) is 0 Å². The molecule has 7 heteroatoms. The summed E-state index contributed by atoms with van der Waals surface area (Å²) in [4.78, 5) is 25.9. The van der Waals surface area contributed by atoms with Crippen molar-refractivity contribution in [2.45, 2.75) is 18.9 Å². The van der Waals surface area contributed by atoms with E-state index in [9.17, 15) is 22.8 Å². The standard InChI is InChI=1S/C19H17F3N2O2/c20-12-5-6-15(17(22)11-12)19(26)24-9-7-13(8-10-24)23-18(25)14-3-1-2-4-16(14)21/h1-6,11,13H,7-10H2,(H,23,25). The average Bonchev–Trinajstić information content (AvgIpc) is 2.62. The van der Waals surface area contributed by atoms with Crippen LogP contribution in [0, 0.1) is 17.5 Å². The number of amides is 2. The fourth-order valence-electron chi connectivity index (χ4n) is 2.97. The summed E-state index contributed by atoms with van der Waals surface area (Å²) in [5, 5.41) is 2.75. The summed E-state index contributed by atoms with van der Waals surface area (Å²) >= 11 is 0. The topological polar surface area (TPSA) is 49.4 Å². The molecule has 1 aliphatic rings.